The van der Waals surface area contributed by atoms with Crippen molar-refractivity contribution in [2.24, 2.45) is 11.8 Å². The van der Waals surface area contributed by atoms with Crippen LogP contribution in [-0.2, 0) is 16.6 Å². The number of nitrogens with zero attached hydrogens (tertiary/aromatic N) is 2. The molecule has 1 saturated carbocycles. The lowest BCUT2D eigenvalue weighted by Gasteiger charge is -2.48. The van der Waals surface area contributed by atoms with Crippen LogP contribution in [0.15, 0.2) is 36.5 Å². The summed E-state index contributed by atoms with van der Waals surface area (Å²) in [5, 5.41) is 0. The minimum atomic E-state index is 0.00857. The summed E-state index contributed by atoms with van der Waals surface area (Å²) in [6.45, 7) is 4.48. The standard InChI is InChI=1S/C21H24N2O/c1-3-16-17-10-9-15-13-22-20(14-7-5-4-6-8-14)23-19(15)21(17,2)12-11-18(16)24/h4-8,13,16-17H,3,9-12H2,1-2H3/t16-,17-,21-/m0/s1. The molecule has 0 bridgehead atoms. The van der Waals surface area contributed by atoms with E-state index in [9.17, 15) is 4.79 Å². The summed E-state index contributed by atoms with van der Waals surface area (Å²) < 4.78 is 0. The molecule has 3 nitrogen and oxygen atoms in total. The fourth-order valence-corrected chi connectivity index (χ4v) is 4.87. The molecular formula is C21H24N2O. The van der Waals surface area contributed by atoms with Crippen molar-refractivity contribution in [3.05, 3.63) is 47.8 Å². The van der Waals surface area contributed by atoms with E-state index in [1.165, 1.54) is 11.3 Å². The van der Waals surface area contributed by atoms with Gasteiger partial charge in [0, 0.05) is 29.5 Å². The first-order valence-corrected chi connectivity index (χ1v) is 9.08. The van der Waals surface area contributed by atoms with E-state index in [2.05, 4.69) is 31.0 Å². The maximum Gasteiger partial charge on any atom is 0.159 e. The Bertz CT molecular complexity index is 771. The van der Waals surface area contributed by atoms with Crippen molar-refractivity contribution in [1.82, 2.24) is 9.97 Å². The second kappa shape index (κ2) is 5.80. The predicted octanol–water partition coefficient (Wildman–Crippen LogP) is 4.35. The number of carbonyl (C=O) groups excluding carboxylic acids is 1. The van der Waals surface area contributed by atoms with Crippen LogP contribution in [-0.4, -0.2) is 15.8 Å². The molecule has 3 heteroatoms. The van der Waals surface area contributed by atoms with E-state index >= 15 is 0 Å². The van der Waals surface area contributed by atoms with E-state index < -0.39 is 0 Å². The molecule has 0 aliphatic heterocycles. The van der Waals surface area contributed by atoms with Crippen LogP contribution in [0.25, 0.3) is 11.4 Å². The fraction of sp³-hybridized carbons (Fsp3) is 0.476. The SMILES string of the molecule is CC[C@@H]1C(=O)CC[C@]2(C)c3nc(-c4ccccc4)ncc3CC[C@@H]12. The number of aryl methyl sites for hydroxylation is 1. The van der Waals surface area contributed by atoms with E-state index in [4.69, 9.17) is 4.98 Å². The lowest BCUT2D eigenvalue weighted by Crippen LogP contribution is -2.48. The van der Waals surface area contributed by atoms with Gasteiger partial charge in [0.15, 0.2) is 5.82 Å². The zero-order chi connectivity index (χ0) is 16.7. The van der Waals surface area contributed by atoms with Crippen LogP contribution in [0, 0.1) is 11.8 Å². The third-order valence-electron chi connectivity index (χ3n) is 6.21. The van der Waals surface area contributed by atoms with Gasteiger partial charge in [-0.25, -0.2) is 9.97 Å². The number of rotatable bonds is 2. The molecule has 2 aliphatic rings. The molecule has 1 aromatic heterocycles. The third-order valence-corrected chi connectivity index (χ3v) is 6.21. The van der Waals surface area contributed by atoms with E-state index in [1.54, 1.807) is 0 Å². The average molecular weight is 320 g/mol. The average Bonchev–Trinajstić information content (AvgIpc) is 2.63. The smallest absolute Gasteiger partial charge is 0.159 e. The Labute approximate surface area is 143 Å². The van der Waals surface area contributed by atoms with Crippen molar-refractivity contribution < 1.29 is 4.79 Å². The molecule has 2 aliphatic carbocycles. The number of aromatic nitrogens is 2. The van der Waals surface area contributed by atoms with Gasteiger partial charge in [0.05, 0.1) is 5.69 Å². The molecule has 0 amide bonds. The predicted molar refractivity (Wildman–Crippen MR) is 94.7 cm³/mol. The number of benzene rings is 1. The van der Waals surface area contributed by atoms with Gasteiger partial charge in [-0.3, -0.25) is 4.79 Å². The molecule has 3 atom stereocenters. The van der Waals surface area contributed by atoms with Gasteiger partial charge in [0.25, 0.3) is 0 Å². The molecule has 0 spiro atoms. The Kier molecular flexibility index (Phi) is 3.75. The lowest BCUT2D eigenvalue weighted by atomic mass is 9.55. The molecule has 0 N–H and O–H groups in total. The second-order valence-corrected chi connectivity index (χ2v) is 7.48. The van der Waals surface area contributed by atoms with E-state index in [-0.39, 0.29) is 11.3 Å². The first kappa shape index (κ1) is 15.5. The van der Waals surface area contributed by atoms with Crippen LogP contribution in [0.5, 0.6) is 0 Å². The molecule has 1 aromatic carbocycles. The van der Waals surface area contributed by atoms with Crippen molar-refractivity contribution in [2.75, 3.05) is 0 Å². The van der Waals surface area contributed by atoms with Crippen LogP contribution in [0.1, 0.15) is 50.8 Å². The van der Waals surface area contributed by atoms with Gasteiger partial charge in [-0.1, -0.05) is 44.2 Å². The number of carbonyl (C=O) groups is 1. The van der Waals surface area contributed by atoms with Gasteiger partial charge in [-0.2, -0.15) is 0 Å². The minimum absolute atomic E-state index is 0.00857. The van der Waals surface area contributed by atoms with Crippen LogP contribution in [0.3, 0.4) is 0 Å². The molecule has 0 radical (unpaired) electrons. The molecular weight excluding hydrogens is 296 g/mol. The summed E-state index contributed by atoms with van der Waals surface area (Å²) in [7, 11) is 0. The molecule has 1 heterocycles. The minimum Gasteiger partial charge on any atom is -0.299 e. The number of hydrogen-bond donors (Lipinski definition) is 0. The van der Waals surface area contributed by atoms with Crippen LogP contribution < -0.4 is 0 Å². The highest BCUT2D eigenvalue weighted by atomic mass is 16.1. The van der Waals surface area contributed by atoms with Crippen molar-refractivity contribution in [1.29, 1.82) is 0 Å². The van der Waals surface area contributed by atoms with Crippen LogP contribution >= 0.6 is 0 Å². The Hall–Kier alpha value is -2.03. The maximum absolute atomic E-state index is 12.4. The molecule has 1 fully saturated rings. The van der Waals surface area contributed by atoms with E-state index in [0.29, 0.717) is 18.1 Å². The lowest BCUT2D eigenvalue weighted by molar-refractivity contribution is -0.129. The van der Waals surface area contributed by atoms with E-state index in [1.807, 2.05) is 24.4 Å². The van der Waals surface area contributed by atoms with Crippen LogP contribution in [0.4, 0.5) is 0 Å². The first-order chi connectivity index (χ1) is 11.6. The summed E-state index contributed by atoms with van der Waals surface area (Å²) in [5.41, 5.74) is 3.54. The fourth-order valence-electron chi connectivity index (χ4n) is 4.87. The van der Waals surface area contributed by atoms with Gasteiger partial charge in [-0.15, -0.1) is 0 Å². The molecule has 0 unspecified atom stereocenters. The summed E-state index contributed by atoms with van der Waals surface area (Å²) in [5.74, 6) is 1.89. The van der Waals surface area contributed by atoms with Crippen molar-refractivity contribution in [3.8, 4) is 11.4 Å². The molecule has 4 rings (SSSR count). The normalized spacial score (nSPS) is 29.0. The quantitative estimate of drug-likeness (QED) is 0.826. The van der Waals surface area contributed by atoms with E-state index in [0.717, 1.165) is 37.1 Å². The number of ketones is 1. The second-order valence-electron chi connectivity index (χ2n) is 7.48. The van der Waals surface area contributed by atoms with Crippen molar-refractivity contribution in [2.45, 2.75) is 51.4 Å². The Morgan fingerprint density at radius 3 is 2.75 bits per heavy atom. The first-order valence-electron chi connectivity index (χ1n) is 9.08. The topological polar surface area (TPSA) is 42.9 Å². The highest BCUT2D eigenvalue weighted by Gasteiger charge is 2.49. The molecule has 2 aromatic rings. The Morgan fingerprint density at radius 1 is 1.21 bits per heavy atom. The molecule has 24 heavy (non-hydrogen) atoms. The van der Waals surface area contributed by atoms with Gasteiger partial charge in [0.1, 0.15) is 5.78 Å². The summed E-state index contributed by atoms with van der Waals surface area (Å²) in [6, 6.07) is 10.2. The number of fused-ring (bicyclic) bond motifs is 3. The summed E-state index contributed by atoms with van der Waals surface area (Å²) in [4.78, 5) is 22.0. The van der Waals surface area contributed by atoms with Crippen LogP contribution in [0.2, 0.25) is 0 Å². The highest BCUT2D eigenvalue weighted by molar-refractivity contribution is 5.83. The van der Waals surface area contributed by atoms with Gasteiger partial charge in [0.2, 0.25) is 0 Å². The van der Waals surface area contributed by atoms with Gasteiger partial charge >= 0.3 is 0 Å². The third kappa shape index (κ3) is 2.29. The number of hydrogen-bond acceptors (Lipinski definition) is 3. The van der Waals surface area contributed by atoms with Gasteiger partial charge in [-0.05, 0) is 37.2 Å². The van der Waals surface area contributed by atoms with Crippen molar-refractivity contribution in [3.63, 3.8) is 0 Å². The zero-order valence-corrected chi connectivity index (χ0v) is 14.5. The molecule has 124 valence electrons. The Balaban J connectivity index is 1.80. The summed E-state index contributed by atoms with van der Waals surface area (Å²) >= 11 is 0. The number of Topliss-reactive ketones (excluding diaryl/α,β-unsaturated/α-hetero) is 1. The maximum atomic E-state index is 12.4. The van der Waals surface area contributed by atoms with Gasteiger partial charge < -0.3 is 0 Å². The largest absolute Gasteiger partial charge is 0.299 e. The highest BCUT2D eigenvalue weighted by Crippen LogP contribution is 2.51. The monoisotopic (exact) mass is 320 g/mol. The van der Waals surface area contributed by atoms with Crippen molar-refractivity contribution >= 4 is 5.78 Å². The molecule has 0 saturated heterocycles. The zero-order valence-electron chi connectivity index (χ0n) is 14.5. The Morgan fingerprint density at radius 2 is 2.00 bits per heavy atom. The summed E-state index contributed by atoms with van der Waals surface area (Å²) in [6.07, 6.45) is 6.66.